The van der Waals surface area contributed by atoms with Crippen LogP contribution in [-0.4, -0.2) is 22.4 Å². The normalized spacial score (nSPS) is 12.2. The van der Waals surface area contributed by atoms with E-state index in [2.05, 4.69) is 59.7 Å². The maximum absolute atomic E-state index is 12.8. The molecule has 0 amide bonds. The van der Waals surface area contributed by atoms with E-state index in [1.807, 2.05) is 0 Å². The SMILES string of the molecule is CCCCCC[Si](CCCCCC)(CCCCCC)c1cc(C=O)cc([Si](CCCCCC)(CCCCCC)CCCCCC)c1. The first-order valence-corrected chi connectivity index (χ1v) is 26.4. The van der Waals surface area contributed by atoms with Crippen LogP contribution in [0.5, 0.6) is 0 Å². The molecule has 0 atom stereocenters. The molecule has 1 nitrogen and oxygen atoms in total. The number of rotatable bonds is 33. The molecule has 46 heavy (non-hydrogen) atoms. The largest absolute Gasteiger partial charge is 0.298 e. The minimum absolute atomic E-state index is 1.02. The van der Waals surface area contributed by atoms with Crippen molar-refractivity contribution in [3.8, 4) is 0 Å². The fraction of sp³-hybridized carbons (Fsp3) is 0.837. The van der Waals surface area contributed by atoms with Crippen LogP contribution in [0, 0.1) is 0 Å². The van der Waals surface area contributed by atoms with E-state index in [1.165, 1.54) is 197 Å². The minimum atomic E-state index is -1.75. The molecule has 0 bridgehead atoms. The molecule has 0 fully saturated rings. The summed E-state index contributed by atoms with van der Waals surface area (Å²) >= 11 is 0. The number of unbranched alkanes of at least 4 members (excludes halogenated alkanes) is 18. The first-order chi connectivity index (χ1) is 22.5. The van der Waals surface area contributed by atoms with Gasteiger partial charge in [0.05, 0.1) is 16.1 Å². The van der Waals surface area contributed by atoms with E-state index in [4.69, 9.17) is 0 Å². The third-order valence-electron chi connectivity index (χ3n) is 11.4. The average Bonchev–Trinajstić information content (AvgIpc) is 3.08. The van der Waals surface area contributed by atoms with E-state index in [0.29, 0.717) is 0 Å². The van der Waals surface area contributed by atoms with Crippen LogP contribution in [0.15, 0.2) is 18.2 Å². The fourth-order valence-electron chi connectivity index (χ4n) is 8.29. The van der Waals surface area contributed by atoms with Gasteiger partial charge in [0.2, 0.25) is 0 Å². The van der Waals surface area contributed by atoms with Gasteiger partial charge in [0, 0.05) is 5.56 Å². The van der Waals surface area contributed by atoms with Crippen LogP contribution >= 0.6 is 0 Å². The molecule has 0 unspecified atom stereocenters. The Labute approximate surface area is 292 Å². The molecule has 0 aliphatic rings. The number of carbonyl (C=O) groups is 1. The van der Waals surface area contributed by atoms with E-state index in [1.54, 1.807) is 10.4 Å². The molecule has 0 saturated heterocycles. The highest BCUT2D eigenvalue weighted by molar-refractivity contribution is 6.94. The zero-order chi connectivity index (χ0) is 33.8. The lowest BCUT2D eigenvalue weighted by atomic mass is 10.2. The number of benzene rings is 1. The molecule has 1 aromatic carbocycles. The third-order valence-corrected chi connectivity index (χ3v) is 22.3. The molecule has 0 aromatic heterocycles. The Kier molecular flexibility index (Phi) is 26.6. The molecule has 0 heterocycles. The monoisotopic (exact) mass is 671 g/mol. The Hall–Kier alpha value is -0.676. The van der Waals surface area contributed by atoms with E-state index < -0.39 is 16.1 Å². The first kappa shape index (κ1) is 43.3. The van der Waals surface area contributed by atoms with Gasteiger partial charge in [-0.2, -0.15) is 0 Å². The van der Waals surface area contributed by atoms with E-state index in [0.717, 1.165) is 5.56 Å². The van der Waals surface area contributed by atoms with Crippen molar-refractivity contribution in [3.63, 3.8) is 0 Å². The first-order valence-electron chi connectivity index (χ1n) is 21.1. The van der Waals surface area contributed by atoms with Gasteiger partial charge in [-0.3, -0.25) is 4.79 Å². The van der Waals surface area contributed by atoms with E-state index in [-0.39, 0.29) is 0 Å². The molecular formula is C43H82OSi2. The number of hydrogen-bond acceptors (Lipinski definition) is 1. The quantitative estimate of drug-likeness (QED) is 0.0413. The predicted molar refractivity (Wildman–Crippen MR) is 216 cm³/mol. The van der Waals surface area contributed by atoms with Crippen molar-refractivity contribution in [3.05, 3.63) is 23.8 Å². The van der Waals surface area contributed by atoms with Crippen LogP contribution in [-0.2, 0) is 0 Å². The molecule has 1 aromatic rings. The highest BCUT2D eigenvalue weighted by atomic mass is 28.3. The molecule has 0 radical (unpaired) electrons. The van der Waals surface area contributed by atoms with Gasteiger partial charge in [0.25, 0.3) is 0 Å². The molecule has 0 aliphatic heterocycles. The second kappa shape index (κ2) is 28.2. The van der Waals surface area contributed by atoms with Crippen molar-refractivity contribution in [1.29, 1.82) is 0 Å². The number of carbonyl (C=O) groups excluding carboxylic acids is 1. The molecule has 0 spiro atoms. The number of aldehydes is 1. The van der Waals surface area contributed by atoms with Gasteiger partial charge in [-0.15, -0.1) is 0 Å². The maximum Gasteiger partial charge on any atom is 0.150 e. The van der Waals surface area contributed by atoms with Crippen LogP contribution in [0.25, 0.3) is 0 Å². The fourth-order valence-corrected chi connectivity index (χ4v) is 19.1. The van der Waals surface area contributed by atoms with Crippen LogP contribution < -0.4 is 10.4 Å². The smallest absolute Gasteiger partial charge is 0.150 e. The molecule has 1 rings (SSSR count). The summed E-state index contributed by atoms with van der Waals surface area (Å²) in [6, 6.07) is 16.4. The summed E-state index contributed by atoms with van der Waals surface area (Å²) < 4.78 is 0. The van der Waals surface area contributed by atoms with Crippen LogP contribution in [0.1, 0.15) is 206 Å². The summed E-state index contributed by atoms with van der Waals surface area (Å²) in [4.78, 5) is 12.8. The Bertz CT molecular complexity index is 724. The topological polar surface area (TPSA) is 17.1 Å². The van der Waals surface area contributed by atoms with Gasteiger partial charge >= 0.3 is 0 Å². The van der Waals surface area contributed by atoms with Gasteiger partial charge in [0.15, 0.2) is 0 Å². The second-order valence-electron chi connectivity index (χ2n) is 15.4. The molecule has 0 N–H and O–H groups in total. The Morgan fingerprint density at radius 1 is 0.370 bits per heavy atom. The predicted octanol–water partition coefficient (Wildman–Crippen LogP) is 14.3. The minimum Gasteiger partial charge on any atom is -0.298 e. The lowest BCUT2D eigenvalue weighted by molar-refractivity contribution is 0.112. The van der Waals surface area contributed by atoms with Gasteiger partial charge in [-0.25, -0.2) is 0 Å². The van der Waals surface area contributed by atoms with Crippen molar-refractivity contribution < 1.29 is 4.79 Å². The molecule has 0 saturated carbocycles. The lowest BCUT2D eigenvalue weighted by Gasteiger charge is -2.37. The Balaban J connectivity index is 3.77. The summed E-state index contributed by atoms with van der Waals surface area (Å²) in [5.74, 6) is 0. The number of hydrogen-bond donors (Lipinski definition) is 0. The van der Waals surface area contributed by atoms with Crippen LogP contribution in [0.3, 0.4) is 0 Å². The Morgan fingerprint density at radius 3 is 0.804 bits per heavy atom. The van der Waals surface area contributed by atoms with Gasteiger partial charge in [-0.05, 0) is 0 Å². The van der Waals surface area contributed by atoms with Gasteiger partial charge in [0.1, 0.15) is 6.29 Å². The van der Waals surface area contributed by atoms with Crippen LogP contribution in [0.4, 0.5) is 0 Å². The lowest BCUT2D eigenvalue weighted by Crippen LogP contribution is -2.53. The van der Waals surface area contributed by atoms with Crippen molar-refractivity contribution in [2.24, 2.45) is 0 Å². The van der Waals surface area contributed by atoms with Gasteiger partial charge < -0.3 is 0 Å². The summed E-state index contributed by atoms with van der Waals surface area (Å²) in [7, 11) is -3.50. The zero-order valence-corrected chi connectivity index (χ0v) is 34.4. The maximum atomic E-state index is 12.8. The van der Waals surface area contributed by atoms with Crippen molar-refractivity contribution in [1.82, 2.24) is 0 Å². The summed E-state index contributed by atoms with van der Waals surface area (Å²) in [6.45, 7) is 14.1. The molecule has 268 valence electrons. The van der Waals surface area contributed by atoms with Gasteiger partial charge in [-0.1, -0.05) is 260 Å². The molecular weight excluding hydrogens is 589 g/mol. The summed E-state index contributed by atoms with van der Waals surface area (Å²) in [5.41, 5.74) is 1.02. The van der Waals surface area contributed by atoms with Crippen LogP contribution in [0.2, 0.25) is 36.3 Å². The zero-order valence-electron chi connectivity index (χ0n) is 32.4. The second-order valence-corrected chi connectivity index (χ2v) is 24.7. The van der Waals surface area contributed by atoms with E-state index in [9.17, 15) is 4.79 Å². The third kappa shape index (κ3) is 17.1. The summed E-state index contributed by atoms with van der Waals surface area (Å²) in [5, 5.41) is 3.42. The van der Waals surface area contributed by atoms with Crippen molar-refractivity contribution in [2.75, 3.05) is 0 Å². The summed E-state index contributed by atoms with van der Waals surface area (Å²) in [6.07, 6.45) is 34.1. The highest BCUT2D eigenvalue weighted by Gasteiger charge is 2.38. The average molecular weight is 671 g/mol. The molecule has 3 heteroatoms. The van der Waals surface area contributed by atoms with Crippen molar-refractivity contribution >= 4 is 32.8 Å². The molecule has 0 aliphatic carbocycles. The Morgan fingerprint density at radius 2 is 0.609 bits per heavy atom. The van der Waals surface area contributed by atoms with Crippen molar-refractivity contribution in [2.45, 2.75) is 232 Å². The highest BCUT2D eigenvalue weighted by Crippen LogP contribution is 2.33. The standard InChI is InChI=1S/C43H82OSi2/c1-7-13-19-25-31-45(32-26-20-14-8-2,33-27-21-15-9-3)42-37-41(40-44)38-43(39-42)46(34-28-22-16-10-4,35-29-23-17-11-5)36-30-24-18-12-6/h37-40H,7-36H2,1-6H3. The van der Waals surface area contributed by atoms with E-state index >= 15 is 0 Å².